The van der Waals surface area contributed by atoms with E-state index in [2.05, 4.69) is 0 Å². The first kappa shape index (κ1) is 22.0. The maximum Gasteiger partial charge on any atom is 0.303 e. The summed E-state index contributed by atoms with van der Waals surface area (Å²) in [7, 11) is 0. The van der Waals surface area contributed by atoms with Crippen molar-refractivity contribution >= 4 is 11.8 Å². The first-order chi connectivity index (χ1) is 12.7. The van der Waals surface area contributed by atoms with Crippen molar-refractivity contribution in [2.24, 2.45) is 11.8 Å². The smallest absolute Gasteiger partial charge is 0.303 e. The number of fused-ring (bicyclic) bond motifs is 1. The largest absolute Gasteiger partial charge is 0.481 e. The number of ketones is 1. The number of carbonyl (C=O) groups is 2. The quantitative estimate of drug-likeness (QED) is 0.435. The minimum atomic E-state index is -3.32. The molecular formula is C20H30F2O5. The number of ether oxygens (including phenoxy) is 1. The molecule has 2 aliphatic rings. The lowest BCUT2D eigenvalue weighted by Gasteiger charge is -2.43. The molecule has 1 aliphatic carbocycles. The highest BCUT2D eigenvalue weighted by Crippen LogP contribution is 2.49. The van der Waals surface area contributed by atoms with Crippen molar-refractivity contribution in [3.05, 3.63) is 12.2 Å². The minimum absolute atomic E-state index is 0.0127. The highest BCUT2D eigenvalue weighted by Gasteiger charge is 2.59. The van der Waals surface area contributed by atoms with E-state index in [0.29, 0.717) is 38.5 Å². The molecule has 0 aromatic carbocycles. The van der Waals surface area contributed by atoms with Gasteiger partial charge in [0.2, 0.25) is 5.79 Å². The Morgan fingerprint density at radius 1 is 1.37 bits per heavy atom. The molecule has 2 N–H and O–H groups in total. The van der Waals surface area contributed by atoms with Gasteiger partial charge in [-0.15, -0.1) is 0 Å². The van der Waals surface area contributed by atoms with Crippen LogP contribution in [0, 0.1) is 11.8 Å². The van der Waals surface area contributed by atoms with E-state index < -0.39 is 30.2 Å². The van der Waals surface area contributed by atoms with E-state index >= 15 is 0 Å². The van der Waals surface area contributed by atoms with E-state index in [9.17, 15) is 23.5 Å². The van der Waals surface area contributed by atoms with Crippen molar-refractivity contribution < 1.29 is 33.3 Å². The van der Waals surface area contributed by atoms with E-state index in [1.54, 1.807) is 0 Å². The van der Waals surface area contributed by atoms with Gasteiger partial charge in [-0.05, 0) is 38.0 Å². The van der Waals surface area contributed by atoms with Gasteiger partial charge in [0.1, 0.15) is 5.78 Å². The number of hydrogen-bond donors (Lipinski definition) is 2. The SMILES string of the molecule is CCCCC(F)(F)[C@@]1(O)CC[C@H]2[C@@H](CC(=O)[C@@H]2C/C=C/CCCC(=O)O)O1. The highest BCUT2D eigenvalue weighted by molar-refractivity contribution is 5.84. The monoisotopic (exact) mass is 388 g/mol. The second-order valence-corrected chi connectivity index (χ2v) is 7.72. The molecule has 2 fully saturated rings. The van der Waals surface area contributed by atoms with Crippen LogP contribution in [0.1, 0.15) is 71.1 Å². The van der Waals surface area contributed by atoms with Crippen LogP contribution in [0.2, 0.25) is 0 Å². The molecule has 4 atom stereocenters. The Morgan fingerprint density at radius 2 is 2.11 bits per heavy atom. The summed E-state index contributed by atoms with van der Waals surface area (Å²) in [6.07, 6.45) is 5.57. The van der Waals surface area contributed by atoms with Gasteiger partial charge in [0.25, 0.3) is 0 Å². The van der Waals surface area contributed by atoms with Crippen molar-refractivity contribution in [1.82, 2.24) is 0 Å². The molecule has 0 aromatic heterocycles. The molecule has 0 amide bonds. The standard InChI is InChI=1S/C20H30F2O5/c1-2-3-11-19(21,22)20(26)12-10-15-14(16(23)13-17(15)27-20)8-6-4-5-7-9-18(24)25/h4,6,14-15,17,26H,2-3,5,7-13H2,1H3,(H,24,25)/b6-4+/t14-,15-,17-,20-/m1/s1. The number of alkyl halides is 2. The Bertz CT molecular complexity index is 563. The van der Waals surface area contributed by atoms with E-state index in [1.165, 1.54) is 0 Å². The molecule has 0 radical (unpaired) electrons. The molecule has 27 heavy (non-hydrogen) atoms. The van der Waals surface area contributed by atoms with Crippen molar-refractivity contribution in [2.75, 3.05) is 0 Å². The number of halogens is 2. The molecule has 0 spiro atoms. The Hall–Kier alpha value is -1.34. The normalized spacial score (nSPS) is 31.4. The van der Waals surface area contributed by atoms with Crippen LogP contribution in [-0.4, -0.2) is 39.8 Å². The second-order valence-electron chi connectivity index (χ2n) is 7.72. The van der Waals surface area contributed by atoms with Gasteiger partial charge in [0, 0.05) is 31.6 Å². The maximum atomic E-state index is 14.4. The molecule has 1 saturated carbocycles. The fourth-order valence-electron chi connectivity index (χ4n) is 4.09. The number of carboxylic acid groups (broad SMARTS) is 1. The number of hydrogen-bond acceptors (Lipinski definition) is 4. The van der Waals surface area contributed by atoms with Crippen molar-refractivity contribution in [3.63, 3.8) is 0 Å². The van der Waals surface area contributed by atoms with E-state index in [4.69, 9.17) is 9.84 Å². The number of allylic oxidation sites excluding steroid dienone is 2. The molecule has 5 nitrogen and oxygen atoms in total. The summed E-state index contributed by atoms with van der Waals surface area (Å²) in [4.78, 5) is 22.8. The van der Waals surface area contributed by atoms with Crippen LogP contribution in [0.3, 0.4) is 0 Å². The van der Waals surface area contributed by atoms with Gasteiger partial charge in [-0.1, -0.05) is 25.5 Å². The molecule has 0 aromatic rings. The lowest BCUT2D eigenvalue weighted by molar-refractivity contribution is -0.356. The summed E-state index contributed by atoms with van der Waals surface area (Å²) in [6, 6.07) is 0. The summed E-state index contributed by atoms with van der Waals surface area (Å²) in [6.45, 7) is 1.81. The van der Waals surface area contributed by atoms with Crippen LogP contribution in [0.25, 0.3) is 0 Å². The lowest BCUT2D eigenvalue weighted by atomic mass is 9.82. The van der Waals surface area contributed by atoms with Gasteiger partial charge in [-0.3, -0.25) is 9.59 Å². The Balaban J connectivity index is 1.90. The number of rotatable bonds is 10. The molecule has 154 valence electrons. The fraction of sp³-hybridized carbons (Fsp3) is 0.800. The first-order valence-corrected chi connectivity index (χ1v) is 9.87. The molecule has 0 bridgehead atoms. The third-order valence-electron chi connectivity index (χ3n) is 5.71. The van der Waals surface area contributed by atoms with E-state index in [0.717, 1.165) is 0 Å². The average molecular weight is 388 g/mol. The van der Waals surface area contributed by atoms with Gasteiger partial charge in [0.15, 0.2) is 0 Å². The highest BCUT2D eigenvalue weighted by atomic mass is 19.3. The van der Waals surface area contributed by atoms with Crippen molar-refractivity contribution in [2.45, 2.75) is 88.9 Å². The van der Waals surface area contributed by atoms with Crippen LogP contribution in [0.5, 0.6) is 0 Å². The summed E-state index contributed by atoms with van der Waals surface area (Å²) >= 11 is 0. The van der Waals surface area contributed by atoms with Crippen LogP contribution < -0.4 is 0 Å². The lowest BCUT2D eigenvalue weighted by Crippen LogP contribution is -2.55. The van der Waals surface area contributed by atoms with Crippen LogP contribution in [0.4, 0.5) is 8.78 Å². The van der Waals surface area contributed by atoms with E-state index in [-0.39, 0.29) is 36.9 Å². The Labute approximate surface area is 158 Å². The van der Waals surface area contributed by atoms with Gasteiger partial charge >= 0.3 is 11.9 Å². The van der Waals surface area contributed by atoms with Crippen LogP contribution in [-0.2, 0) is 14.3 Å². The predicted molar refractivity (Wildman–Crippen MR) is 95.4 cm³/mol. The summed E-state index contributed by atoms with van der Waals surface area (Å²) in [5.41, 5.74) is 0. The molecule has 1 aliphatic heterocycles. The zero-order valence-corrected chi connectivity index (χ0v) is 15.8. The zero-order chi connectivity index (χ0) is 20.1. The Kier molecular flexibility index (Phi) is 7.51. The molecule has 1 saturated heterocycles. The number of aliphatic hydroxyl groups is 1. The van der Waals surface area contributed by atoms with Crippen molar-refractivity contribution in [1.29, 1.82) is 0 Å². The first-order valence-electron chi connectivity index (χ1n) is 9.87. The van der Waals surface area contributed by atoms with Gasteiger partial charge < -0.3 is 14.9 Å². The topological polar surface area (TPSA) is 83.8 Å². The molecule has 0 unspecified atom stereocenters. The molecule has 2 rings (SSSR count). The van der Waals surface area contributed by atoms with Gasteiger partial charge in [-0.2, -0.15) is 0 Å². The zero-order valence-electron chi connectivity index (χ0n) is 15.8. The van der Waals surface area contributed by atoms with Gasteiger partial charge in [-0.25, -0.2) is 8.78 Å². The molecule has 7 heteroatoms. The summed E-state index contributed by atoms with van der Waals surface area (Å²) < 4.78 is 34.2. The summed E-state index contributed by atoms with van der Waals surface area (Å²) in [5, 5.41) is 19.0. The molecule has 1 heterocycles. The Morgan fingerprint density at radius 3 is 2.78 bits per heavy atom. The number of carbonyl (C=O) groups excluding carboxylic acids is 1. The third-order valence-corrected chi connectivity index (χ3v) is 5.71. The van der Waals surface area contributed by atoms with Crippen LogP contribution in [0.15, 0.2) is 12.2 Å². The fourth-order valence-corrected chi connectivity index (χ4v) is 4.09. The maximum absolute atomic E-state index is 14.4. The number of Topliss-reactive ketones (excluding diaryl/α,β-unsaturated/α-hetero) is 1. The third kappa shape index (κ3) is 5.35. The van der Waals surface area contributed by atoms with E-state index in [1.807, 2.05) is 19.1 Å². The van der Waals surface area contributed by atoms with Gasteiger partial charge in [0.05, 0.1) is 6.10 Å². The number of aliphatic carboxylic acids is 1. The predicted octanol–water partition coefficient (Wildman–Crippen LogP) is 4.09. The minimum Gasteiger partial charge on any atom is -0.481 e. The number of unbranched alkanes of at least 4 members (excludes halogenated alkanes) is 2. The van der Waals surface area contributed by atoms with Crippen molar-refractivity contribution in [3.8, 4) is 0 Å². The second kappa shape index (κ2) is 9.24. The number of carboxylic acids is 1. The summed E-state index contributed by atoms with van der Waals surface area (Å²) in [5.74, 6) is -7.08. The average Bonchev–Trinajstić information content (AvgIpc) is 2.90. The van der Waals surface area contributed by atoms with Crippen LogP contribution >= 0.6 is 0 Å². The molecular weight excluding hydrogens is 358 g/mol.